The molecule has 0 spiro atoms. The Bertz CT molecular complexity index is 426. The van der Waals surface area contributed by atoms with Gasteiger partial charge in [-0.05, 0) is 18.6 Å². The van der Waals surface area contributed by atoms with Crippen molar-refractivity contribution in [3.8, 4) is 0 Å². The smallest absolute Gasteiger partial charge is 0.325 e. The van der Waals surface area contributed by atoms with E-state index in [1.54, 1.807) is 20.0 Å². The van der Waals surface area contributed by atoms with E-state index in [9.17, 15) is 9.59 Å². The van der Waals surface area contributed by atoms with E-state index in [1.807, 2.05) is 30.3 Å². The maximum atomic E-state index is 11.7. The molecule has 0 unspecified atom stereocenters. The third-order valence-corrected chi connectivity index (χ3v) is 2.27. The SMILES string of the molecule is CCOC(=O)CN(C)C(=O)/C=C/c1ccccc1. The molecule has 0 aliphatic rings. The van der Waals surface area contributed by atoms with Crippen LogP contribution in [0.15, 0.2) is 36.4 Å². The van der Waals surface area contributed by atoms with Crippen LogP contribution in [0.2, 0.25) is 0 Å². The number of nitrogens with zero attached hydrogens (tertiary/aromatic N) is 1. The van der Waals surface area contributed by atoms with Crippen LogP contribution in [0.3, 0.4) is 0 Å². The van der Waals surface area contributed by atoms with Gasteiger partial charge in [-0.25, -0.2) is 0 Å². The van der Waals surface area contributed by atoms with E-state index in [0.29, 0.717) is 6.61 Å². The van der Waals surface area contributed by atoms with Crippen LogP contribution in [0, 0.1) is 0 Å². The van der Waals surface area contributed by atoms with Crippen molar-refractivity contribution < 1.29 is 14.3 Å². The van der Waals surface area contributed by atoms with Crippen molar-refractivity contribution in [2.24, 2.45) is 0 Å². The maximum absolute atomic E-state index is 11.7. The summed E-state index contributed by atoms with van der Waals surface area (Å²) in [5, 5.41) is 0. The molecule has 0 radical (unpaired) electrons. The van der Waals surface area contributed by atoms with Crippen LogP contribution < -0.4 is 0 Å². The molecule has 96 valence electrons. The highest BCUT2D eigenvalue weighted by Crippen LogP contribution is 2.01. The second-order valence-electron chi connectivity index (χ2n) is 3.74. The number of hydrogen-bond acceptors (Lipinski definition) is 3. The molecule has 18 heavy (non-hydrogen) atoms. The predicted octanol–water partition coefficient (Wildman–Crippen LogP) is 1.72. The molecule has 0 aliphatic heterocycles. The summed E-state index contributed by atoms with van der Waals surface area (Å²) in [6.07, 6.45) is 3.15. The lowest BCUT2D eigenvalue weighted by Gasteiger charge is -2.13. The van der Waals surface area contributed by atoms with Gasteiger partial charge in [0.2, 0.25) is 5.91 Å². The number of carbonyl (C=O) groups is 2. The molecular weight excluding hydrogens is 230 g/mol. The Labute approximate surface area is 107 Å². The summed E-state index contributed by atoms with van der Waals surface area (Å²) in [6.45, 7) is 2.02. The first-order valence-electron chi connectivity index (χ1n) is 5.77. The lowest BCUT2D eigenvalue weighted by molar-refractivity contribution is -0.146. The molecule has 0 saturated carbocycles. The van der Waals surface area contributed by atoms with Crippen LogP contribution in [0.25, 0.3) is 6.08 Å². The van der Waals surface area contributed by atoms with Gasteiger partial charge in [0, 0.05) is 13.1 Å². The number of benzene rings is 1. The van der Waals surface area contributed by atoms with E-state index in [0.717, 1.165) is 5.56 Å². The Morgan fingerprint density at radius 2 is 1.94 bits per heavy atom. The van der Waals surface area contributed by atoms with Gasteiger partial charge >= 0.3 is 5.97 Å². The first-order valence-corrected chi connectivity index (χ1v) is 5.77. The van der Waals surface area contributed by atoms with Gasteiger partial charge in [0.15, 0.2) is 0 Å². The fourth-order valence-corrected chi connectivity index (χ4v) is 1.34. The molecular formula is C14H17NO3. The fourth-order valence-electron chi connectivity index (χ4n) is 1.34. The zero-order chi connectivity index (χ0) is 13.4. The van der Waals surface area contributed by atoms with Gasteiger partial charge in [-0.2, -0.15) is 0 Å². The van der Waals surface area contributed by atoms with Gasteiger partial charge < -0.3 is 9.64 Å². The number of ether oxygens (including phenoxy) is 1. The first kappa shape index (κ1) is 14.0. The lowest BCUT2D eigenvalue weighted by atomic mass is 10.2. The molecule has 1 aromatic carbocycles. The summed E-state index contributed by atoms with van der Waals surface area (Å²) >= 11 is 0. The van der Waals surface area contributed by atoms with E-state index in [4.69, 9.17) is 4.74 Å². The Morgan fingerprint density at radius 3 is 2.56 bits per heavy atom. The lowest BCUT2D eigenvalue weighted by Crippen LogP contribution is -2.31. The van der Waals surface area contributed by atoms with Gasteiger partial charge in [-0.15, -0.1) is 0 Å². The van der Waals surface area contributed by atoms with Gasteiger partial charge in [-0.1, -0.05) is 30.3 Å². The summed E-state index contributed by atoms with van der Waals surface area (Å²) < 4.78 is 4.77. The molecule has 1 rings (SSSR count). The monoisotopic (exact) mass is 247 g/mol. The van der Waals surface area contributed by atoms with Crippen LogP contribution in [0.1, 0.15) is 12.5 Å². The average molecular weight is 247 g/mol. The third-order valence-electron chi connectivity index (χ3n) is 2.27. The van der Waals surface area contributed by atoms with Crippen molar-refractivity contribution in [2.45, 2.75) is 6.92 Å². The number of esters is 1. The predicted molar refractivity (Wildman–Crippen MR) is 69.7 cm³/mol. The minimum Gasteiger partial charge on any atom is -0.465 e. The second-order valence-corrected chi connectivity index (χ2v) is 3.74. The molecule has 4 nitrogen and oxygen atoms in total. The molecule has 0 aliphatic carbocycles. The number of hydrogen-bond donors (Lipinski definition) is 0. The summed E-state index contributed by atoms with van der Waals surface area (Å²) in [7, 11) is 1.56. The number of likely N-dealkylation sites (N-methyl/N-ethyl adjacent to an activating group) is 1. The molecule has 0 saturated heterocycles. The molecule has 1 amide bonds. The van der Waals surface area contributed by atoms with Crippen molar-refractivity contribution in [2.75, 3.05) is 20.2 Å². The Hall–Kier alpha value is -2.10. The van der Waals surface area contributed by atoms with Crippen LogP contribution >= 0.6 is 0 Å². The van der Waals surface area contributed by atoms with Crippen molar-refractivity contribution in [1.29, 1.82) is 0 Å². The molecule has 0 bridgehead atoms. The molecule has 4 heteroatoms. The highest BCUT2D eigenvalue weighted by Gasteiger charge is 2.10. The Balaban J connectivity index is 2.50. The topological polar surface area (TPSA) is 46.6 Å². The molecule has 1 aromatic rings. The first-order chi connectivity index (χ1) is 8.63. The zero-order valence-corrected chi connectivity index (χ0v) is 10.6. The van der Waals surface area contributed by atoms with Gasteiger partial charge in [0.1, 0.15) is 6.54 Å². The van der Waals surface area contributed by atoms with E-state index in [-0.39, 0.29) is 12.5 Å². The van der Waals surface area contributed by atoms with E-state index >= 15 is 0 Å². The maximum Gasteiger partial charge on any atom is 0.325 e. The molecule has 0 atom stereocenters. The second kappa shape index (κ2) is 7.27. The van der Waals surface area contributed by atoms with Crippen LogP contribution in [-0.2, 0) is 14.3 Å². The highest BCUT2D eigenvalue weighted by atomic mass is 16.5. The largest absolute Gasteiger partial charge is 0.465 e. The summed E-state index contributed by atoms with van der Waals surface area (Å²) in [5.41, 5.74) is 0.940. The zero-order valence-electron chi connectivity index (χ0n) is 10.6. The van der Waals surface area contributed by atoms with E-state index < -0.39 is 5.97 Å². The molecule has 0 N–H and O–H groups in total. The minimum atomic E-state index is -0.401. The Morgan fingerprint density at radius 1 is 1.28 bits per heavy atom. The van der Waals surface area contributed by atoms with E-state index in [2.05, 4.69) is 0 Å². The standard InChI is InChI=1S/C14H17NO3/c1-3-18-14(17)11-15(2)13(16)10-9-12-7-5-4-6-8-12/h4-10H,3,11H2,1-2H3/b10-9+. The number of rotatable bonds is 5. The fraction of sp³-hybridized carbons (Fsp3) is 0.286. The third kappa shape index (κ3) is 4.82. The van der Waals surface area contributed by atoms with Crippen molar-refractivity contribution in [1.82, 2.24) is 4.90 Å². The number of amides is 1. The average Bonchev–Trinajstić information content (AvgIpc) is 2.37. The minimum absolute atomic E-state index is 0.0359. The van der Waals surface area contributed by atoms with Gasteiger partial charge in [0.05, 0.1) is 6.61 Å². The van der Waals surface area contributed by atoms with Crippen LogP contribution in [0.5, 0.6) is 0 Å². The molecule has 0 fully saturated rings. The highest BCUT2D eigenvalue weighted by molar-refractivity contribution is 5.93. The summed E-state index contributed by atoms with van der Waals surface area (Å²) in [5.74, 6) is -0.631. The molecule has 0 aromatic heterocycles. The van der Waals surface area contributed by atoms with E-state index in [1.165, 1.54) is 11.0 Å². The quantitative estimate of drug-likeness (QED) is 0.588. The summed E-state index contributed by atoms with van der Waals surface area (Å²) in [6, 6.07) is 9.50. The Kier molecular flexibility index (Phi) is 5.64. The normalized spacial score (nSPS) is 10.3. The van der Waals surface area contributed by atoms with Crippen LogP contribution in [-0.4, -0.2) is 37.0 Å². The van der Waals surface area contributed by atoms with Crippen molar-refractivity contribution >= 4 is 18.0 Å². The van der Waals surface area contributed by atoms with Gasteiger partial charge in [0.25, 0.3) is 0 Å². The van der Waals surface area contributed by atoms with Crippen molar-refractivity contribution in [3.63, 3.8) is 0 Å². The van der Waals surface area contributed by atoms with Crippen molar-refractivity contribution in [3.05, 3.63) is 42.0 Å². The van der Waals surface area contributed by atoms with Gasteiger partial charge in [-0.3, -0.25) is 9.59 Å². The molecule has 0 heterocycles. The van der Waals surface area contributed by atoms with Crippen LogP contribution in [0.4, 0.5) is 0 Å². The number of carbonyl (C=O) groups excluding carboxylic acids is 2. The summed E-state index contributed by atoms with van der Waals surface area (Å²) in [4.78, 5) is 24.2.